The van der Waals surface area contributed by atoms with Crippen molar-refractivity contribution in [2.45, 2.75) is 6.92 Å². The number of rotatable bonds is 5. The number of benzene rings is 1. The van der Waals surface area contributed by atoms with Gasteiger partial charge in [-0.2, -0.15) is 4.39 Å². The molecule has 0 saturated heterocycles. The Balaban J connectivity index is 1.79. The molecule has 1 amide bonds. The average molecular weight is 274 g/mol. The van der Waals surface area contributed by atoms with E-state index in [1.807, 2.05) is 31.2 Å². The number of halogens is 1. The summed E-state index contributed by atoms with van der Waals surface area (Å²) in [6.45, 7) is 2.58. The van der Waals surface area contributed by atoms with Crippen LogP contribution in [0, 0.1) is 12.9 Å². The summed E-state index contributed by atoms with van der Waals surface area (Å²) < 4.78 is 18.7. The molecule has 1 aromatic heterocycles. The summed E-state index contributed by atoms with van der Waals surface area (Å²) in [5, 5.41) is 2.58. The van der Waals surface area contributed by atoms with E-state index in [0.29, 0.717) is 13.2 Å². The number of amides is 1. The van der Waals surface area contributed by atoms with Gasteiger partial charge in [0.15, 0.2) is 0 Å². The van der Waals surface area contributed by atoms with Gasteiger partial charge in [-0.05, 0) is 36.8 Å². The molecule has 104 valence electrons. The Hall–Kier alpha value is -2.43. The first-order valence-corrected chi connectivity index (χ1v) is 6.25. The molecule has 5 heteroatoms. The Bertz CT molecular complexity index is 602. The maximum atomic E-state index is 13.3. The van der Waals surface area contributed by atoms with Gasteiger partial charge in [-0.1, -0.05) is 12.1 Å². The van der Waals surface area contributed by atoms with Crippen LogP contribution in [0.3, 0.4) is 0 Å². The maximum Gasteiger partial charge on any atom is 0.256 e. The standard InChI is InChI=1S/C15H15FN2O2/c1-11-4-2-5-12(10-11)20-9-8-18-15(19)13-6-3-7-17-14(13)16/h2-7,10H,8-9H2,1H3,(H,18,19). The average Bonchev–Trinajstić information content (AvgIpc) is 2.44. The number of pyridine rings is 1. The second-order valence-electron chi connectivity index (χ2n) is 4.26. The monoisotopic (exact) mass is 274 g/mol. The largest absolute Gasteiger partial charge is 0.492 e. The summed E-state index contributed by atoms with van der Waals surface area (Å²) in [5.41, 5.74) is 1.03. The first kappa shape index (κ1) is 14.0. The molecule has 0 atom stereocenters. The molecule has 1 heterocycles. The summed E-state index contributed by atoms with van der Waals surface area (Å²) in [6.07, 6.45) is 1.30. The summed E-state index contributed by atoms with van der Waals surface area (Å²) in [4.78, 5) is 15.1. The molecule has 2 rings (SSSR count). The van der Waals surface area contributed by atoms with Gasteiger partial charge in [0, 0.05) is 6.20 Å². The van der Waals surface area contributed by atoms with E-state index in [0.717, 1.165) is 11.3 Å². The lowest BCUT2D eigenvalue weighted by Gasteiger charge is -2.08. The van der Waals surface area contributed by atoms with E-state index < -0.39 is 11.9 Å². The minimum absolute atomic E-state index is 0.0666. The lowest BCUT2D eigenvalue weighted by Crippen LogP contribution is -2.29. The van der Waals surface area contributed by atoms with Gasteiger partial charge in [-0.15, -0.1) is 0 Å². The van der Waals surface area contributed by atoms with Crippen molar-refractivity contribution in [3.8, 4) is 5.75 Å². The minimum atomic E-state index is -0.774. The molecule has 1 aromatic carbocycles. The lowest BCUT2D eigenvalue weighted by atomic mass is 10.2. The van der Waals surface area contributed by atoms with Crippen LogP contribution in [0.25, 0.3) is 0 Å². The van der Waals surface area contributed by atoms with Crippen molar-refractivity contribution in [3.05, 3.63) is 59.7 Å². The fraction of sp³-hybridized carbons (Fsp3) is 0.200. The highest BCUT2D eigenvalue weighted by atomic mass is 19.1. The number of hydrogen-bond acceptors (Lipinski definition) is 3. The smallest absolute Gasteiger partial charge is 0.256 e. The van der Waals surface area contributed by atoms with Crippen LogP contribution in [0.2, 0.25) is 0 Å². The number of nitrogens with zero attached hydrogens (tertiary/aromatic N) is 1. The first-order valence-electron chi connectivity index (χ1n) is 6.25. The first-order chi connectivity index (χ1) is 9.66. The number of aromatic nitrogens is 1. The van der Waals surface area contributed by atoms with Crippen molar-refractivity contribution >= 4 is 5.91 Å². The zero-order chi connectivity index (χ0) is 14.4. The number of ether oxygens (including phenoxy) is 1. The number of aryl methyl sites for hydroxylation is 1. The molecular formula is C15H15FN2O2. The molecule has 0 aliphatic carbocycles. The zero-order valence-corrected chi connectivity index (χ0v) is 11.1. The van der Waals surface area contributed by atoms with Gasteiger partial charge in [0.05, 0.1) is 12.1 Å². The number of nitrogens with one attached hydrogen (secondary N) is 1. The third-order valence-corrected chi connectivity index (χ3v) is 2.65. The van der Waals surface area contributed by atoms with Gasteiger partial charge >= 0.3 is 0 Å². The van der Waals surface area contributed by atoms with Gasteiger partial charge < -0.3 is 10.1 Å². The maximum absolute atomic E-state index is 13.3. The van der Waals surface area contributed by atoms with E-state index in [2.05, 4.69) is 10.3 Å². The quantitative estimate of drug-likeness (QED) is 0.672. The molecule has 0 bridgehead atoms. The SMILES string of the molecule is Cc1cccc(OCCNC(=O)c2cccnc2F)c1. The Morgan fingerprint density at radius 2 is 2.20 bits per heavy atom. The van der Waals surface area contributed by atoms with Crippen molar-refractivity contribution in [2.24, 2.45) is 0 Å². The molecule has 0 unspecified atom stereocenters. The van der Waals surface area contributed by atoms with Gasteiger partial charge in [-0.25, -0.2) is 4.98 Å². The van der Waals surface area contributed by atoms with E-state index in [-0.39, 0.29) is 5.56 Å². The topological polar surface area (TPSA) is 51.2 Å². The summed E-state index contributed by atoms with van der Waals surface area (Å²) >= 11 is 0. The highest BCUT2D eigenvalue weighted by Gasteiger charge is 2.10. The molecule has 4 nitrogen and oxygen atoms in total. The summed E-state index contributed by atoms with van der Waals surface area (Å²) in [7, 11) is 0. The molecular weight excluding hydrogens is 259 g/mol. The Labute approximate surface area is 116 Å². The van der Waals surface area contributed by atoms with Crippen LogP contribution in [-0.4, -0.2) is 24.0 Å². The minimum Gasteiger partial charge on any atom is -0.492 e. The van der Waals surface area contributed by atoms with Crippen molar-refractivity contribution in [3.63, 3.8) is 0 Å². The highest BCUT2D eigenvalue weighted by Crippen LogP contribution is 2.11. The van der Waals surface area contributed by atoms with Crippen molar-refractivity contribution in [2.75, 3.05) is 13.2 Å². The predicted octanol–water partition coefficient (Wildman–Crippen LogP) is 2.34. The molecule has 0 aliphatic rings. The normalized spacial score (nSPS) is 10.1. The van der Waals surface area contributed by atoms with Crippen LogP contribution in [0.4, 0.5) is 4.39 Å². The van der Waals surface area contributed by atoms with Gasteiger partial charge in [0.1, 0.15) is 12.4 Å². The second-order valence-corrected chi connectivity index (χ2v) is 4.26. The van der Waals surface area contributed by atoms with E-state index >= 15 is 0 Å². The Kier molecular flexibility index (Phi) is 4.65. The fourth-order valence-electron chi connectivity index (χ4n) is 1.69. The molecule has 0 spiro atoms. The lowest BCUT2D eigenvalue weighted by molar-refractivity contribution is 0.0942. The number of hydrogen-bond donors (Lipinski definition) is 1. The van der Waals surface area contributed by atoms with Crippen molar-refractivity contribution in [1.82, 2.24) is 10.3 Å². The van der Waals surface area contributed by atoms with Crippen LogP contribution < -0.4 is 10.1 Å². The summed E-state index contributed by atoms with van der Waals surface area (Å²) in [5.74, 6) is -0.528. The molecule has 0 fully saturated rings. The zero-order valence-electron chi connectivity index (χ0n) is 11.1. The molecule has 0 saturated carbocycles. The van der Waals surface area contributed by atoms with E-state index in [1.165, 1.54) is 18.3 Å². The van der Waals surface area contributed by atoms with Crippen LogP contribution in [0.15, 0.2) is 42.6 Å². The highest BCUT2D eigenvalue weighted by molar-refractivity contribution is 5.94. The van der Waals surface area contributed by atoms with Crippen molar-refractivity contribution < 1.29 is 13.9 Å². The fourth-order valence-corrected chi connectivity index (χ4v) is 1.69. The predicted molar refractivity (Wildman–Crippen MR) is 73.2 cm³/mol. The van der Waals surface area contributed by atoms with Crippen LogP contribution in [0.5, 0.6) is 5.75 Å². The molecule has 0 radical (unpaired) electrons. The van der Waals surface area contributed by atoms with E-state index in [4.69, 9.17) is 4.74 Å². The van der Waals surface area contributed by atoms with Gasteiger partial charge in [0.25, 0.3) is 5.91 Å². The Morgan fingerprint density at radius 1 is 1.35 bits per heavy atom. The Morgan fingerprint density at radius 3 is 2.95 bits per heavy atom. The van der Waals surface area contributed by atoms with Crippen molar-refractivity contribution in [1.29, 1.82) is 0 Å². The molecule has 1 N–H and O–H groups in total. The third-order valence-electron chi connectivity index (χ3n) is 2.65. The van der Waals surface area contributed by atoms with Crippen LogP contribution in [0.1, 0.15) is 15.9 Å². The number of carbonyl (C=O) groups excluding carboxylic acids is 1. The van der Waals surface area contributed by atoms with E-state index in [1.54, 1.807) is 0 Å². The second kappa shape index (κ2) is 6.65. The molecule has 2 aromatic rings. The summed E-state index contributed by atoms with van der Waals surface area (Å²) in [6, 6.07) is 10.5. The molecule has 0 aliphatic heterocycles. The molecule has 20 heavy (non-hydrogen) atoms. The van der Waals surface area contributed by atoms with Crippen LogP contribution in [-0.2, 0) is 0 Å². The van der Waals surface area contributed by atoms with Crippen LogP contribution >= 0.6 is 0 Å². The third kappa shape index (κ3) is 3.78. The number of carbonyl (C=O) groups is 1. The van der Waals surface area contributed by atoms with Gasteiger partial charge in [-0.3, -0.25) is 4.79 Å². The van der Waals surface area contributed by atoms with Gasteiger partial charge in [0.2, 0.25) is 5.95 Å². The van der Waals surface area contributed by atoms with E-state index in [9.17, 15) is 9.18 Å².